The van der Waals surface area contributed by atoms with Gasteiger partial charge in [0.1, 0.15) is 5.75 Å². The van der Waals surface area contributed by atoms with Crippen LogP contribution in [0.2, 0.25) is 0 Å². The minimum Gasteiger partial charge on any atom is -0.497 e. The lowest BCUT2D eigenvalue weighted by molar-refractivity contribution is 0.233. The van der Waals surface area contributed by atoms with E-state index in [1.54, 1.807) is 7.11 Å². The number of ether oxygens (including phenoxy) is 1. The quantitative estimate of drug-likeness (QED) is 0.126. The van der Waals surface area contributed by atoms with E-state index in [1.165, 1.54) is 61.6 Å². The van der Waals surface area contributed by atoms with Gasteiger partial charge in [-0.2, -0.15) is 0 Å². The summed E-state index contributed by atoms with van der Waals surface area (Å²) in [7, 11) is 1.72. The number of methoxy groups -OCH3 is 1. The third kappa shape index (κ3) is 12.6. The highest BCUT2D eigenvalue weighted by molar-refractivity contribution is 5.27. The molecule has 0 fully saturated rings. The van der Waals surface area contributed by atoms with Gasteiger partial charge in [-0.15, -0.1) is 13.2 Å². The smallest absolute Gasteiger partial charge is 0.118 e. The number of rotatable bonds is 21. The van der Waals surface area contributed by atoms with Gasteiger partial charge < -0.3 is 4.74 Å². The molecule has 0 spiro atoms. The number of unbranched alkanes of at least 4 members (excludes halogenated alkanes) is 4. The summed E-state index contributed by atoms with van der Waals surface area (Å²) in [5, 5.41) is 0. The van der Waals surface area contributed by atoms with Crippen LogP contribution in [-0.4, -0.2) is 43.1 Å². The highest BCUT2D eigenvalue weighted by Crippen LogP contribution is 2.20. The molecule has 0 bridgehead atoms. The molecule has 0 aliphatic carbocycles. The van der Waals surface area contributed by atoms with Crippen LogP contribution in [0.5, 0.6) is 5.75 Å². The molecule has 2 aromatic carbocycles. The summed E-state index contributed by atoms with van der Waals surface area (Å²) >= 11 is 0. The minimum atomic E-state index is 0.639. The van der Waals surface area contributed by atoms with Crippen LogP contribution in [0.4, 0.5) is 0 Å². The van der Waals surface area contributed by atoms with Crippen molar-refractivity contribution in [2.24, 2.45) is 5.92 Å². The summed E-state index contributed by atoms with van der Waals surface area (Å²) in [6.07, 6.45) is 14.2. The van der Waals surface area contributed by atoms with Gasteiger partial charge in [-0.3, -0.25) is 9.80 Å². The molecule has 37 heavy (non-hydrogen) atoms. The zero-order chi connectivity index (χ0) is 26.7. The summed E-state index contributed by atoms with van der Waals surface area (Å²) < 4.78 is 5.33. The van der Waals surface area contributed by atoms with Crippen LogP contribution in [0.1, 0.15) is 75.5 Å². The Kier molecular flexibility index (Phi) is 15.7. The second kappa shape index (κ2) is 18.8. The van der Waals surface area contributed by atoms with E-state index in [0.29, 0.717) is 5.92 Å². The van der Waals surface area contributed by atoms with E-state index in [9.17, 15) is 0 Å². The third-order valence-corrected chi connectivity index (χ3v) is 7.10. The van der Waals surface area contributed by atoms with E-state index < -0.39 is 0 Å². The average molecular weight is 505 g/mol. The molecular weight excluding hydrogens is 452 g/mol. The Hall–Kier alpha value is -2.36. The summed E-state index contributed by atoms with van der Waals surface area (Å²) in [5.74, 6) is 1.55. The Balaban J connectivity index is 1.99. The molecule has 0 amide bonds. The fourth-order valence-corrected chi connectivity index (χ4v) is 5.04. The summed E-state index contributed by atoms with van der Waals surface area (Å²) in [6.45, 7) is 18.6. The fourth-order valence-electron chi connectivity index (χ4n) is 5.04. The van der Waals surface area contributed by atoms with Gasteiger partial charge in [0, 0.05) is 32.7 Å². The number of benzene rings is 2. The number of nitrogens with zero attached hydrogens (tertiary/aromatic N) is 2. The molecule has 0 saturated carbocycles. The molecule has 0 aromatic heterocycles. The molecule has 0 saturated heterocycles. The normalized spacial score (nSPS) is 12.1. The summed E-state index contributed by atoms with van der Waals surface area (Å²) in [6, 6.07) is 17.9. The molecule has 0 N–H and O–H groups in total. The first kappa shape index (κ1) is 30.9. The van der Waals surface area contributed by atoms with Crippen LogP contribution in [0.15, 0.2) is 73.8 Å². The van der Waals surface area contributed by atoms with Gasteiger partial charge in [0.05, 0.1) is 7.11 Å². The van der Waals surface area contributed by atoms with Crippen molar-refractivity contribution in [1.29, 1.82) is 0 Å². The van der Waals surface area contributed by atoms with E-state index in [-0.39, 0.29) is 0 Å². The van der Waals surface area contributed by atoms with Crippen LogP contribution in [-0.2, 0) is 19.5 Å². The Morgan fingerprint density at radius 1 is 0.730 bits per heavy atom. The molecule has 3 heteroatoms. The van der Waals surface area contributed by atoms with Crippen LogP contribution in [0, 0.1) is 5.92 Å². The number of hydrogen-bond donors (Lipinski definition) is 0. The zero-order valence-electron chi connectivity index (χ0n) is 24.0. The molecule has 204 valence electrons. The van der Waals surface area contributed by atoms with Crippen molar-refractivity contribution in [3.63, 3.8) is 0 Å². The maximum Gasteiger partial charge on any atom is 0.118 e. The molecule has 0 aliphatic heterocycles. The van der Waals surface area contributed by atoms with Crippen LogP contribution < -0.4 is 4.74 Å². The van der Waals surface area contributed by atoms with Gasteiger partial charge in [-0.25, -0.2) is 0 Å². The van der Waals surface area contributed by atoms with Gasteiger partial charge in [0.25, 0.3) is 0 Å². The second-order valence-electron chi connectivity index (χ2n) is 10.4. The first-order valence-electron chi connectivity index (χ1n) is 14.5. The Morgan fingerprint density at radius 2 is 1.30 bits per heavy atom. The van der Waals surface area contributed by atoms with Crippen LogP contribution in [0.3, 0.4) is 0 Å². The van der Waals surface area contributed by atoms with Gasteiger partial charge in [-0.05, 0) is 60.5 Å². The maximum absolute atomic E-state index is 5.33. The molecule has 2 aromatic rings. The fraction of sp³-hybridized carbons (Fsp3) is 0.529. The van der Waals surface area contributed by atoms with Gasteiger partial charge >= 0.3 is 0 Å². The van der Waals surface area contributed by atoms with Crippen molar-refractivity contribution in [1.82, 2.24) is 9.80 Å². The van der Waals surface area contributed by atoms with E-state index in [4.69, 9.17) is 4.74 Å². The van der Waals surface area contributed by atoms with E-state index in [0.717, 1.165) is 51.4 Å². The van der Waals surface area contributed by atoms with Crippen molar-refractivity contribution < 1.29 is 4.74 Å². The van der Waals surface area contributed by atoms with E-state index >= 15 is 0 Å². The molecule has 1 atom stereocenters. The zero-order valence-corrected chi connectivity index (χ0v) is 24.0. The predicted molar refractivity (Wildman–Crippen MR) is 161 cm³/mol. The molecular formula is C34H52N2O. The van der Waals surface area contributed by atoms with E-state index in [1.807, 2.05) is 12.2 Å². The lowest BCUT2D eigenvalue weighted by Crippen LogP contribution is -2.30. The monoisotopic (exact) mass is 504 g/mol. The molecule has 0 radical (unpaired) electrons. The van der Waals surface area contributed by atoms with Crippen molar-refractivity contribution in [2.75, 3.05) is 33.3 Å². The molecule has 1 unspecified atom stereocenters. The standard InChI is InChI=1S/C34H52N2O/c1-6-10-12-13-25-35(23-8-3)27-31-17-15-30(16-18-31)26-33(14-11-7-2)29-36(24-9-4)28-32-19-21-34(37-5)22-20-32/h8-9,15-22,33H,3-4,6-7,10-14,23-29H2,1-2,5H3. The van der Waals surface area contributed by atoms with Gasteiger partial charge in [0.2, 0.25) is 0 Å². The van der Waals surface area contributed by atoms with Gasteiger partial charge in [0.15, 0.2) is 0 Å². The van der Waals surface area contributed by atoms with Crippen molar-refractivity contribution >= 4 is 0 Å². The summed E-state index contributed by atoms with van der Waals surface area (Å²) in [4.78, 5) is 5.06. The third-order valence-electron chi connectivity index (χ3n) is 7.10. The highest BCUT2D eigenvalue weighted by atomic mass is 16.5. The summed E-state index contributed by atoms with van der Waals surface area (Å²) in [5.41, 5.74) is 4.17. The van der Waals surface area contributed by atoms with Gasteiger partial charge in [-0.1, -0.05) is 94.5 Å². The SMILES string of the molecule is C=CCN(CCCCCC)Cc1ccc(CC(CCCC)CN(CC=C)Cc2ccc(OC)cc2)cc1. The van der Waals surface area contributed by atoms with Crippen molar-refractivity contribution in [3.8, 4) is 5.75 Å². The van der Waals surface area contributed by atoms with Crippen LogP contribution >= 0.6 is 0 Å². The Labute approximate surface area is 228 Å². The first-order valence-corrected chi connectivity index (χ1v) is 14.5. The Bertz CT molecular complexity index is 858. The first-order chi connectivity index (χ1) is 18.1. The highest BCUT2D eigenvalue weighted by Gasteiger charge is 2.15. The predicted octanol–water partition coefficient (Wildman–Crippen LogP) is 8.30. The lowest BCUT2D eigenvalue weighted by atomic mass is 9.93. The molecule has 0 aliphatic rings. The van der Waals surface area contributed by atoms with Crippen molar-refractivity contribution in [3.05, 3.63) is 90.5 Å². The topological polar surface area (TPSA) is 15.7 Å². The largest absolute Gasteiger partial charge is 0.497 e. The van der Waals surface area contributed by atoms with E-state index in [2.05, 4.69) is 85.3 Å². The molecule has 3 nitrogen and oxygen atoms in total. The van der Waals surface area contributed by atoms with Crippen molar-refractivity contribution in [2.45, 2.75) is 78.3 Å². The molecule has 2 rings (SSSR count). The lowest BCUT2D eigenvalue weighted by Gasteiger charge is -2.27. The average Bonchev–Trinajstić information content (AvgIpc) is 2.91. The van der Waals surface area contributed by atoms with Crippen LogP contribution in [0.25, 0.3) is 0 Å². The Morgan fingerprint density at radius 3 is 1.89 bits per heavy atom. The number of hydrogen-bond acceptors (Lipinski definition) is 3. The maximum atomic E-state index is 5.33. The molecule has 0 heterocycles. The second-order valence-corrected chi connectivity index (χ2v) is 10.4. The minimum absolute atomic E-state index is 0.639.